The van der Waals surface area contributed by atoms with Gasteiger partial charge in [-0.1, -0.05) is 39.7 Å². The van der Waals surface area contributed by atoms with E-state index in [-0.39, 0.29) is 11.9 Å². The standard InChI is InChI=1S/C15H13BrClFIN/c1-20-15(12-5-4-11(18)8-14(12)19)6-9-2-3-10(16)7-13(9)17/h2-5,7-8,15,20H,6H2,1H3. The fourth-order valence-corrected chi connectivity index (χ4v) is 3.66. The molecule has 0 aliphatic rings. The van der Waals surface area contributed by atoms with Crippen molar-refractivity contribution in [2.24, 2.45) is 0 Å². The fourth-order valence-electron chi connectivity index (χ4n) is 2.06. The average Bonchev–Trinajstić information content (AvgIpc) is 2.39. The molecule has 20 heavy (non-hydrogen) atoms. The van der Waals surface area contributed by atoms with Gasteiger partial charge in [-0.3, -0.25) is 0 Å². The Bertz CT molecular complexity index is 621. The van der Waals surface area contributed by atoms with Crippen molar-refractivity contribution in [2.45, 2.75) is 12.5 Å². The summed E-state index contributed by atoms with van der Waals surface area (Å²) in [5.41, 5.74) is 2.14. The second kappa shape index (κ2) is 7.20. The zero-order valence-corrected chi connectivity index (χ0v) is 15.3. The summed E-state index contributed by atoms with van der Waals surface area (Å²) in [4.78, 5) is 0. The van der Waals surface area contributed by atoms with Gasteiger partial charge in [0.15, 0.2) is 0 Å². The van der Waals surface area contributed by atoms with Gasteiger partial charge in [0, 0.05) is 19.1 Å². The monoisotopic (exact) mass is 467 g/mol. The third kappa shape index (κ3) is 3.93. The van der Waals surface area contributed by atoms with E-state index >= 15 is 0 Å². The molecule has 0 amide bonds. The number of hydrogen-bond donors (Lipinski definition) is 1. The minimum absolute atomic E-state index is 0.0983. The van der Waals surface area contributed by atoms with Crippen molar-refractivity contribution >= 4 is 50.1 Å². The fraction of sp³-hybridized carbons (Fsp3) is 0.200. The summed E-state index contributed by atoms with van der Waals surface area (Å²) in [6.45, 7) is 0. The molecule has 0 saturated carbocycles. The van der Waals surface area contributed by atoms with Gasteiger partial charge in [0.2, 0.25) is 0 Å². The van der Waals surface area contributed by atoms with Gasteiger partial charge in [0.05, 0.1) is 0 Å². The van der Waals surface area contributed by atoms with Crippen molar-refractivity contribution < 1.29 is 4.39 Å². The molecule has 0 radical (unpaired) electrons. The van der Waals surface area contributed by atoms with Gasteiger partial charge in [-0.05, 0) is 71.5 Å². The van der Waals surface area contributed by atoms with Crippen LogP contribution in [0.5, 0.6) is 0 Å². The highest BCUT2D eigenvalue weighted by Gasteiger charge is 2.15. The summed E-state index contributed by atoms with van der Waals surface area (Å²) in [6, 6.07) is 10.8. The first kappa shape index (κ1) is 16.2. The normalized spacial score (nSPS) is 12.4. The molecule has 0 aromatic heterocycles. The summed E-state index contributed by atoms with van der Waals surface area (Å²) in [5, 5.41) is 4.00. The zero-order valence-electron chi connectivity index (χ0n) is 10.8. The molecule has 0 saturated heterocycles. The largest absolute Gasteiger partial charge is 0.313 e. The maximum absolute atomic E-state index is 13.2. The van der Waals surface area contributed by atoms with E-state index in [9.17, 15) is 4.39 Å². The number of benzene rings is 2. The molecular weight excluding hydrogens is 455 g/mol. The van der Waals surface area contributed by atoms with Crippen LogP contribution >= 0.6 is 50.1 Å². The molecule has 5 heteroatoms. The Balaban J connectivity index is 2.28. The molecule has 0 spiro atoms. The highest BCUT2D eigenvalue weighted by atomic mass is 127. The second-order valence-electron chi connectivity index (χ2n) is 4.45. The number of rotatable bonds is 4. The van der Waals surface area contributed by atoms with E-state index < -0.39 is 0 Å². The van der Waals surface area contributed by atoms with Gasteiger partial charge >= 0.3 is 0 Å². The topological polar surface area (TPSA) is 12.0 Å². The number of likely N-dealkylation sites (N-methyl/N-ethyl adjacent to an activating group) is 1. The molecule has 2 aromatic carbocycles. The summed E-state index contributed by atoms with van der Waals surface area (Å²) < 4.78 is 15.1. The molecule has 1 atom stereocenters. The molecule has 0 aliphatic heterocycles. The van der Waals surface area contributed by atoms with Crippen LogP contribution in [0.15, 0.2) is 40.9 Å². The lowest BCUT2D eigenvalue weighted by Gasteiger charge is -2.19. The number of hydrogen-bond acceptors (Lipinski definition) is 1. The summed E-state index contributed by atoms with van der Waals surface area (Å²) >= 11 is 11.8. The van der Waals surface area contributed by atoms with Crippen LogP contribution in [0.4, 0.5) is 4.39 Å². The van der Waals surface area contributed by atoms with Crippen LogP contribution in [-0.4, -0.2) is 7.05 Å². The first-order valence-corrected chi connectivity index (χ1v) is 8.32. The van der Waals surface area contributed by atoms with Gasteiger partial charge in [-0.15, -0.1) is 0 Å². The first-order chi connectivity index (χ1) is 9.51. The van der Waals surface area contributed by atoms with Crippen LogP contribution in [0, 0.1) is 9.39 Å². The highest BCUT2D eigenvalue weighted by Crippen LogP contribution is 2.28. The Morgan fingerprint density at radius 3 is 2.65 bits per heavy atom. The lowest BCUT2D eigenvalue weighted by Crippen LogP contribution is -2.20. The highest BCUT2D eigenvalue weighted by molar-refractivity contribution is 14.1. The SMILES string of the molecule is CNC(Cc1ccc(Br)cc1Cl)c1ccc(F)cc1I. The number of halogens is 4. The molecule has 0 fully saturated rings. The molecule has 1 unspecified atom stereocenters. The molecule has 0 bridgehead atoms. The van der Waals surface area contributed by atoms with Crippen molar-refractivity contribution in [3.63, 3.8) is 0 Å². The van der Waals surface area contributed by atoms with E-state index in [1.54, 1.807) is 6.07 Å². The van der Waals surface area contributed by atoms with Crippen molar-refractivity contribution in [3.05, 3.63) is 66.4 Å². The molecule has 0 heterocycles. The molecule has 2 rings (SSSR count). The Hall–Kier alpha value is -0.170. The first-order valence-electron chi connectivity index (χ1n) is 6.07. The van der Waals surface area contributed by atoms with Gasteiger partial charge < -0.3 is 5.32 Å². The van der Waals surface area contributed by atoms with Gasteiger partial charge in [-0.2, -0.15) is 0 Å². The zero-order chi connectivity index (χ0) is 14.7. The maximum atomic E-state index is 13.2. The Morgan fingerprint density at radius 1 is 1.30 bits per heavy atom. The predicted octanol–water partition coefficient (Wildman–Crippen LogP) is 5.35. The van der Waals surface area contributed by atoms with Crippen molar-refractivity contribution in [3.8, 4) is 0 Å². The maximum Gasteiger partial charge on any atom is 0.124 e. The van der Waals surface area contributed by atoms with E-state index in [2.05, 4.69) is 43.8 Å². The molecule has 2 aromatic rings. The third-order valence-corrected chi connectivity index (χ3v) is 4.90. The minimum Gasteiger partial charge on any atom is -0.313 e. The van der Waals surface area contributed by atoms with Crippen molar-refractivity contribution in [1.29, 1.82) is 0 Å². The summed E-state index contributed by atoms with van der Waals surface area (Å²) in [5.74, 6) is -0.213. The van der Waals surface area contributed by atoms with E-state index in [0.717, 1.165) is 30.6 Å². The quantitative estimate of drug-likeness (QED) is 0.597. The predicted molar refractivity (Wildman–Crippen MR) is 93.8 cm³/mol. The van der Waals surface area contributed by atoms with Crippen LogP contribution in [-0.2, 0) is 6.42 Å². The van der Waals surface area contributed by atoms with E-state index in [0.29, 0.717) is 0 Å². The smallest absolute Gasteiger partial charge is 0.124 e. The third-order valence-electron chi connectivity index (χ3n) is 3.13. The molecule has 0 aliphatic carbocycles. The van der Waals surface area contributed by atoms with Crippen LogP contribution in [0.3, 0.4) is 0 Å². The van der Waals surface area contributed by atoms with Gasteiger partial charge in [0.25, 0.3) is 0 Å². The summed E-state index contributed by atoms with van der Waals surface area (Å²) in [7, 11) is 1.90. The molecule has 106 valence electrons. The lowest BCUT2D eigenvalue weighted by molar-refractivity contribution is 0.582. The Kier molecular flexibility index (Phi) is 5.84. The van der Waals surface area contributed by atoms with Crippen LogP contribution in [0.2, 0.25) is 5.02 Å². The van der Waals surface area contributed by atoms with E-state index in [1.807, 2.05) is 31.3 Å². The lowest BCUT2D eigenvalue weighted by atomic mass is 9.99. The Morgan fingerprint density at radius 2 is 2.05 bits per heavy atom. The van der Waals surface area contributed by atoms with Crippen LogP contribution < -0.4 is 5.32 Å². The minimum atomic E-state index is -0.213. The van der Waals surface area contributed by atoms with E-state index in [1.165, 1.54) is 6.07 Å². The Labute approximate surface area is 145 Å². The van der Waals surface area contributed by atoms with E-state index in [4.69, 9.17) is 11.6 Å². The molecule has 1 nitrogen and oxygen atoms in total. The number of nitrogens with one attached hydrogen (secondary N) is 1. The van der Waals surface area contributed by atoms with Crippen LogP contribution in [0.25, 0.3) is 0 Å². The summed E-state index contributed by atoms with van der Waals surface area (Å²) in [6.07, 6.45) is 0.754. The molecule has 1 N–H and O–H groups in total. The average molecular weight is 469 g/mol. The second-order valence-corrected chi connectivity index (χ2v) is 6.93. The van der Waals surface area contributed by atoms with Crippen molar-refractivity contribution in [2.75, 3.05) is 7.05 Å². The van der Waals surface area contributed by atoms with Crippen molar-refractivity contribution in [1.82, 2.24) is 5.32 Å². The van der Waals surface area contributed by atoms with Gasteiger partial charge in [-0.25, -0.2) is 4.39 Å². The molecular formula is C15H13BrClFIN. The van der Waals surface area contributed by atoms with Gasteiger partial charge in [0.1, 0.15) is 5.82 Å². The van der Waals surface area contributed by atoms with Crippen LogP contribution in [0.1, 0.15) is 17.2 Å².